The highest BCUT2D eigenvalue weighted by atomic mass is 79.9. The Morgan fingerprint density at radius 2 is 1.96 bits per heavy atom. The van der Waals surface area contributed by atoms with Crippen LogP contribution < -0.4 is 10.2 Å². The molecule has 1 amide bonds. The molecule has 1 aliphatic rings. The highest BCUT2D eigenvalue weighted by Gasteiger charge is 2.29. The van der Waals surface area contributed by atoms with Crippen molar-refractivity contribution in [3.05, 3.63) is 58.5 Å². The van der Waals surface area contributed by atoms with Crippen LogP contribution in [-0.4, -0.2) is 25.5 Å². The molecule has 4 nitrogen and oxygen atoms in total. The quantitative estimate of drug-likeness (QED) is 0.809. The molecule has 0 saturated carbocycles. The van der Waals surface area contributed by atoms with E-state index in [1.54, 1.807) is 6.26 Å². The normalized spacial score (nSPS) is 16.4. The number of hydrogen-bond donors (Lipinski definition) is 2. The topological polar surface area (TPSA) is 46.7 Å². The summed E-state index contributed by atoms with van der Waals surface area (Å²) in [4.78, 5) is 13.7. The summed E-state index contributed by atoms with van der Waals surface area (Å²) in [5.74, 6) is 1.02. The number of halogens is 1. The highest BCUT2D eigenvalue weighted by Crippen LogP contribution is 2.12. The average molecular weight is 378 g/mol. The number of carbonyl (C=O) groups is 1. The fourth-order valence-corrected chi connectivity index (χ4v) is 3.44. The van der Waals surface area contributed by atoms with E-state index < -0.39 is 0 Å². The average Bonchev–Trinajstić information content (AvgIpc) is 3.24. The molecule has 1 atom stereocenters. The number of carbonyl (C=O) groups excluding carboxylic acids is 1. The third-order valence-corrected chi connectivity index (χ3v) is 4.94. The third kappa shape index (κ3) is 4.45. The van der Waals surface area contributed by atoms with Crippen LogP contribution in [0.1, 0.15) is 30.2 Å². The van der Waals surface area contributed by atoms with E-state index in [2.05, 4.69) is 21.2 Å². The van der Waals surface area contributed by atoms with Crippen LogP contribution in [-0.2, 0) is 11.2 Å². The van der Waals surface area contributed by atoms with Crippen molar-refractivity contribution in [1.82, 2.24) is 5.32 Å². The lowest BCUT2D eigenvalue weighted by Crippen LogP contribution is -3.11. The van der Waals surface area contributed by atoms with E-state index in [1.807, 2.05) is 36.4 Å². The van der Waals surface area contributed by atoms with Crippen LogP contribution in [0, 0.1) is 0 Å². The van der Waals surface area contributed by atoms with E-state index in [0.29, 0.717) is 13.0 Å². The van der Waals surface area contributed by atoms with Gasteiger partial charge in [-0.2, -0.15) is 0 Å². The van der Waals surface area contributed by atoms with Gasteiger partial charge >= 0.3 is 0 Å². The van der Waals surface area contributed by atoms with E-state index in [4.69, 9.17) is 4.42 Å². The zero-order valence-corrected chi connectivity index (χ0v) is 14.6. The summed E-state index contributed by atoms with van der Waals surface area (Å²) in [5.41, 5.74) is 1.02. The first kappa shape index (κ1) is 16.3. The van der Waals surface area contributed by atoms with Crippen LogP contribution in [0.15, 0.2) is 51.6 Å². The number of quaternary nitrogens is 1. The summed E-state index contributed by atoms with van der Waals surface area (Å²) in [6, 6.07) is 12.0. The van der Waals surface area contributed by atoms with Gasteiger partial charge in [-0.15, -0.1) is 0 Å². The Balaban J connectivity index is 1.57. The summed E-state index contributed by atoms with van der Waals surface area (Å²) in [6.07, 6.45) is 4.62. The molecule has 0 radical (unpaired) electrons. The molecule has 2 N–H and O–H groups in total. The van der Waals surface area contributed by atoms with Crippen molar-refractivity contribution in [2.24, 2.45) is 0 Å². The molecular weight excluding hydrogens is 356 g/mol. The molecule has 1 aliphatic heterocycles. The van der Waals surface area contributed by atoms with E-state index in [0.717, 1.165) is 28.9 Å². The van der Waals surface area contributed by atoms with Crippen LogP contribution in [0.5, 0.6) is 0 Å². The molecule has 0 unspecified atom stereocenters. The van der Waals surface area contributed by atoms with Gasteiger partial charge in [0.05, 0.1) is 32.3 Å². The number of hydrogen-bond acceptors (Lipinski definition) is 2. The highest BCUT2D eigenvalue weighted by molar-refractivity contribution is 9.10. The van der Waals surface area contributed by atoms with E-state index in [9.17, 15) is 4.79 Å². The summed E-state index contributed by atoms with van der Waals surface area (Å²) in [5, 5.41) is 3.08. The lowest BCUT2D eigenvalue weighted by atomic mass is 10.1. The van der Waals surface area contributed by atoms with Gasteiger partial charge in [0, 0.05) is 17.3 Å². The van der Waals surface area contributed by atoms with Crippen LogP contribution >= 0.6 is 15.9 Å². The monoisotopic (exact) mass is 377 g/mol. The number of likely N-dealkylation sites (tertiary alicyclic amines) is 1. The van der Waals surface area contributed by atoms with Gasteiger partial charge in [-0.25, -0.2) is 0 Å². The number of nitrogens with one attached hydrogen (secondary N) is 2. The predicted octanol–water partition coefficient (Wildman–Crippen LogP) is 2.12. The van der Waals surface area contributed by atoms with Crippen LogP contribution in [0.4, 0.5) is 0 Å². The van der Waals surface area contributed by atoms with Gasteiger partial charge in [-0.3, -0.25) is 4.79 Å². The van der Waals surface area contributed by atoms with E-state index in [1.165, 1.54) is 17.7 Å². The lowest BCUT2D eigenvalue weighted by Gasteiger charge is -2.23. The molecular formula is C18H22BrN2O2+. The Morgan fingerprint density at radius 1 is 1.22 bits per heavy atom. The fraction of sp³-hybridized carbons (Fsp3) is 0.389. The van der Waals surface area contributed by atoms with Crippen molar-refractivity contribution in [2.45, 2.75) is 25.3 Å². The Hall–Kier alpha value is -1.59. The van der Waals surface area contributed by atoms with Gasteiger partial charge in [0.1, 0.15) is 0 Å². The van der Waals surface area contributed by atoms with Crippen molar-refractivity contribution in [1.29, 1.82) is 0 Å². The molecule has 1 aromatic heterocycles. The summed E-state index contributed by atoms with van der Waals surface area (Å²) < 4.78 is 6.62. The number of amides is 1. The first-order valence-corrected chi connectivity index (χ1v) is 8.91. The first-order chi connectivity index (χ1) is 11.2. The second-order valence-corrected chi connectivity index (χ2v) is 6.96. The molecule has 0 aliphatic carbocycles. The van der Waals surface area contributed by atoms with Crippen molar-refractivity contribution < 1.29 is 14.1 Å². The Labute approximate surface area is 145 Å². The zero-order valence-electron chi connectivity index (χ0n) is 13.1. The molecule has 2 heterocycles. The molecule has 2 aromatic rings. The Kier molecular flexibility index (Phi) is 5.51. The van der Waals surface area contributed by atoms with Crippen molar-refractivity contribution in [2.75, 3.05) is 19.6 Å². The SMILES string of the molecule is O=C(Cc1ccc(Br)cc1)NC[C@H](c1ccco1)[NH+]1CCCC1. The maximum absolute atomic E-state index is 12.2. The van der Waals surface area contributed by atoms with Gasteiger partial charge in [-0.05, 0) is 29.8 Å². The molecule has 122 valence electrons. The maximum atomic E-state index is 12.2. The van der Waals surface area contributed by atoms with Gasteiger partial charge in [0.2, 0.25) is 5.91 Å². The summed E-state index contributed by atoms with van der Waals surface area (Å²) in [6.45, 7) is 2.92. The second kappa shape index (κ2) is 7.79. The molecule has 1 aromatic carbocycles. The molecule has 1 saturated heterocycles. The zero-order chi connectivity index (χ0) is 16.1. The largest absolute Gasteiger partial charge is 0.463 e. The van der Waals surface area contributed by atoms with Crippen molar-refractivity contribution in [3.63, 3.8) is 0 Å². The van der Waals surface area contributed by atoms with Crippen molar-refractivity contribution >= 4 is 21.8 Å². The first-order valence-electron chi connectivity index (χ1n) is 8.11. The summed E-state index contributed by atoms with van der Waals surface area (Å²) in [7, 11) is 0. The standard InChI is InChI=1S/C18H21BrN2O2/c19-15-7-5-14(6-8-15)12-18(22)20-13-16(17-4-3-11-23-17)21-9-1-2-10-21/h3-8,11,16H,1-2,9-10,12-13H2,(H,20,22)/p+1/t16-/m1/s1. The maximum Gasteiger partial charge on any atom is 0.224 e. The van der Waals surface area contributed by atoms with Gasteiger partial charge in [0.25, 0.3) is 0 Å². The minimum absolute atomic E-state index is 0.0578. The van der Waals surface area contributed by atoms with E-state index >= 15 is 0 Å². The summed E-state index contributed by atoms with van der Waals surface area (Å²) >= 11 is 3.41. The van der Waals surface area contributed by atoms with Crippen LogP contribution in [0.2, 0.25) is 0 Å². The third-order valence-electron chi connectivity index (χ3n) is 4.41. The second-order valence-electron chi connectivity index (χ2n) is 6.04. The fourth-order valence-electron chi connectivity index (χ4n) is 3.18. The minimum atomic E-state index is 0.0578. The molecule has 3 rings (SSSR count). The number of rotatable bonds is 6. The van der Waals surface area contributed by atoms with Crippen molar-refractivity contribution in [3.8, 4) is 0 Å². The smallest absolute Gasteiger partial charge is 0.224 e. The molecule has 1 fully saturated rings. The minimum Gasteiger partial charge on any atom is -0.463 e. The van der Waals surface area contributed by atoms with Gasteiger partial charge in [0.15, 0.2) is 11.8 Å². The van der Waals surface area contributed by atoms with Gasteiger partial charge in [-0.1, -0.05) is 28.1 Å². The molecule has 0 bridgehead atoms. The number of furan rings is 1. The van der Waals surface area contributed by atoms with Crippen LogP contribution in [0.25, 0.3) is 0 Å². The molecule has 23 heavy (non-hydrogen) atoms. The molecule has 5 heteroatoms. The Morgan fingerprint density at radius 3 is 2.61 bits per heavy atom. The molecule has 0 spiro atoms. The number of benzene rings is 1. The predicted molar refractivity (Wildman–Crippen MR) is 92.2 cm³/mol. The van der Waals surface area contributed by atoms with Crippen LogP contribution in [0.3, 0.4) is 0 Å². The Bertz CT molecular complexity index is 619. The lowest BCUT2D eigenvalue weighted by molar-refractivity contribution is -0.919. The van der Waals surface area contributed by atoms with Gasteiger partial charge < -0.3 is 14.6 Å². The van der Waals surface area contributed by atoms with E-state index in [-0.39, 0.29) is 11.9 Å².